The molecule has 0 atom stereocenters. The van der Waals surface area contributed by atoms with Gasteiger partial charge in [-0.1, -0.05) is 18.0 Å². The van der Waals surface area contributed by atoms with Crippen LogP contribution in [-0.4, -0.2) is 19.3 Å². The van der Waals surface area contributed by atoms with Gasteiger partial charge in [-0.3, -0.25) is 4.99 Å². The zero-order valence-corrected chi connectivity index (χ0v) is 16.8. The predicted molar refractivity (Wildman–Crippen MR) is 117 cm³/mol. The van der Waals surface area contributed by atoms with Gasteiger partial charge in [0.1, 0.15) is 5.82 Å². The fourth-order valence-corrected chi connectivity index (χ4v) is 3.51. The Kier molecular flexibility index (Phi) is 6.57. The van der Waals surface area contributed by atoms with E-state index >= 15 is 0 Å². The molecule has 6 heteroatoms. The average molecular weight is 401 g/mol. The molecule has 1 aliphatic carbocycles. The first kappa shape index (κ1) is 20.2. The van der Waals surface area contributed by atoms with E-state index in [1.807, 2.05) is 12.1 Å². The van der Waals surface area contributed by atoms with E-state index in [9.17, 15) is 4.39 Å². The van der Waals surface area contributed by atoms with Crippen LogP contribution in [0.25, 0.3) is 0 Å². The molecule has 2 aromatic carbocycles. The van der Waals surface area contributed by atoms with E-state index in [0.717, 1.165) is 30.0 Å². The molecular weight excluding hydrogens is 375 g/mol. The van der Waals surface area contributed by atoms with Crippen molar-refractivity contribution in [2.75, 3.05) is 23.7 Å². The number of nitrogens with two attached hydrogens (primary N) is 1. The van der Waals surface area contributed by atoms with Gasteiger partial charge >= 0.3 is 0 Å². The van der Waals surface area contributed by atoms with E-state index in [0.29, 0.717) is 5.69 Å². The summed E-state index contributed by atoms with van der Waals surface area (Å²) in [6.45, 7) is 3.77. The molecule has 1 fully saturated rings. The summed E-state index contributed by atoms with van der Waals surface area (Å²) in [6, 6.07) is 10.8. The lowest BCUT2D eigenvalue weighted by Gasteiger charge is -2.41. The van der Waals surface area contributed by atoms with Crippen molar-refractivity contribution in [2.45, 2.75) is 26.2 Å². The van der Waals surface area contributed by atoms with Crippen molar-refractivity contribution in [2.24, 2.45) is 16.1 Å². The Morgan fingerprint density at radius 3 is 2.61 bits per heavy atom. The van der Waals surface area contributed by atoms with Gasteiger partial charge in [0.15, 0.2) is 0 Å². The molecule has 28 heavy (non-hydrogen) atoms. The highest BCUT2D eigenvalue weighted by Crippen LogP contribution is 2.41. The monoisotopic (exact) mass is 400 g/mol. The molecule has 0 spiro atoms. The van der Waals surface area contributed by atoms with Gasteiger partial charge in [0.05, 0.1) is 5.02 Å². The summed E-state index contributed by atoms with van der Waals surface area (Å²) in [7, 11) is 0. The minimum atomic E-state index is -0.433. The molecule has 1 aliphatic rings. The third kappa shape index (κ3) is 5.04. The molecule has 0 saturated heterocycles. The second-order valence-corrected chi connectivity index (χ2v) is 7.77. The number of nitrogens with zero attached hydrogens (tertiary/aromatic N) is 1. The van der Waals surface area contributed by atoms with Gasteiger partial charge in [0, 0.05) is 41.8 Å². The normalized spacial score (nSPS) is 15.7. The number of hydrogen-bond acceptors (Lipinski definition) is 4. The maximum Gasteiger partial charge on any atom is 0.143 e. The zero-order valence-electron chi connectivity index (χ0n) is 16.0. The molecule has 3 rings (SSSR count). The van der Waals surface area contributed by atoms with Crippen LogP contribution < -0.4 is 16.4 Å². The summed E-state index contributed by atoms with van der Waals surface area (Å²) in [6.07, 6.45) is 8.64. The molecule has 0 radical (unpaired) electrons. The van der Waals surface area contributed by atoms with Crippen molar-refractivity contribution in [3.05, 3.63) is 65.1 Å². The van der Waals surface area contributed by atoms with Crippen molar-refractivity contribution in [3.63, 3.8) is 0 Å². The van der Waals surface area contributed by atoms with E-state index in [1.165, 1.54) is 31.5 Å². The number of aliphatic imine (C=N–C) groups is 1. The maximum atomic E-state index is 13.6. The molecule has 0 heterocycles. The van der Waals surface area contributed by atoms with E-state index in [4.69, 9.17) is 17.3 Å². The second-order valence-electron chi connectivity index (χ2n) is 7.37. The number of anilines is 3. The summed E-state index contributed by atoms with van der Waals surface area (Å²) < 4.78 is 13.6. The smallest absolute Gasteiger partial charge is 0.143 e. The highest BCUT2D eigenvalue weighted by molar-refractivity contribution is 6.30. The molecule has 0 aromatic heterocycles. The van der Waals surface area contributed by atoms with Crippen molar-refractivity contribution in [1.29, 1.82) is 0 Å². The van der Waals surface area contributed by atoms with Crippen LogP contribution in [-0.2, 0) is 0 Å². The van der Waals surface area contributed by atoms with Crippen molar-refractivity contribution < 1.29 is 4.39 Å². The molecule has 0 aliphatic heterocycles. The minimum Gasteiger partial charge on any atom is -0.405 e. The minimum absolute atomic E-state index is 0.120. The number of rotatable bonds is 8. The fourth-order valence-electron chi connectivity index (χ4n) is 3.39. The van der Waals surface area contributed by atoms with E-state index in [-0.39, 0.29) is 10.4 Å². The number of benzene rings is 2. The van der Waals surface area contributed by atoms with Gasteiger partial charge in [-0.05, 0) is 74.0 Å². The topological polar surface area (TPSA) is 62.4 Å². The Morgan fingerprint density at radius 2 is 1.96 bits per heavy atom. The van der Waals surface area contributed by atoms with Crippen molar-refractivity contribution in [3.8, 4) is 0 Å². The fraction of sp³-hybridized carbons (Fsp3) is 0.318. The average Bonchev–Trinajstić information content (AvgIpc) is 2.64. The molecule has 0 bridgehead atoms. The molecule has 4 nitrogen and oxygen atoms in total. The third-order valence-corrected chi connectivity index (χ3v) is 5.54. The third-order valence-electron chi connectivity index (χ3n) is 5.23. The summed E-state index contributed by atoms with van der Waals surface area (Å²) in [5, 5.41) is 6.91. The Morgan fingerprint density at radius 1 is 1.21 bits per heavy atom. The first-order valence-corrected chi connectivity index (χ1v) is 9.82. The number of hydrogen-bond donors (Lipinski definition) is 3. The lowest BCUT2D eigenvalue weighted by Crippen LogP contribution is -2.39. The highest BCUT2D eigenvalue weighted by Gasteiger charge is 2.36. The predicted octanol–water partition coefficient (Wildman–Crippen LogP) is 5.66. The van der Waals surface area contributed by atoms with Crippen LogP contribution in [0.15, 0.2) is 53.7 Å². The van der Waals surface area contributed by atoms with Crippen LogP contribution in [0.2, 0.25) is 5.02 Å². The van der Waals surface area contributed by atoms with Crippen LogP contribution in [0.1, 0.15) is 24.8 Å². The lowest BCUT2D eigenvalue weighted by atomic mass is 9.68. The van der Waals surface area contributed by atoms with E-state index in [2.05, 4.69) is 28.6 Å². The van der Waals surface area contributed by atoms with Gasteiger partial charge in [-0.25, -0.2) is 4.39 Å². The van der Waals surface area contributed by atoms with Crippen LogP contribution in [0.4, 0.5) is 21.5 Å². The van der Waals surface area contributed by atoms with E-state index < -0.39 is 5.82 Å². The zero-order chi connectivity index (χ0) is 20.0. The van der Waals surface area contributed by atoms with Gasteiger partial charge in [-0.15, -0.1) is 0 Å². The second kappa shape index (κ2) is 9.11. The maximum absolute atomic E-state index is 13.6. The summed E-state index contributed by atoms with van der Waals surface area (Å²) in [4.78, 5) is 4.48. The highest BCUT2D eigenvalue weighted by atomic mass is 35.5. The first-order chi connectivity index (χ1) is 13.5. The Bertz CT molecular complexity index is 875. The van der Waals surface area contributed by atoms with Crippen LogP contribution in [0, 0.1) is 18.2 Å². The molecular formula is C22H26ClFN4. The van der Waals surface area contributed by atoms with Crippen LogP contribution >= 0.6 is 11.6 Å². The van der Waals surface area contributed by atoms with Gasteiger partial charge in [0.2, 0.25) is 0 Å². The molecule has 4 N–H and O–H groups in total. The summed E-state index contributed by atoms with van der Waals surface area (Å²) in [5.41, 5.74) is 9.36. The summed E-state index contributed by atoms with van der Waals surface area (Å²) >= 11 is 5.74. The lowest BCUT2D eigenvalue weighted by molar-refractivity contribution is 0.164. The standard InChI is InChI=1S/C22H26ClFN4/c1-16-12-17(28-18-4-6-19(23)20(24)13-18)5-7-21(16)27-15-22(8-2-9-22)14-26-11-3-10-25/h3-7,10-13,27-28H,2,8-9,14-15,25H2,1H3/b10-3-,26-11?. The SMILES string of the molecule is Cc1cc(Nc2ccc(Cl)c(F)c2)ccc1NCC1(CN=C/C=C\N)CCC1. The van der Waals surface area contributed by atoms with Crippen molar-refractivity contribution >= 4 is 34.9 Å². The Hall–Kier alpha value is -2.53. The largest absolute Gasteiger partial charge is 0.405 e. The van der Waals surface area contributed by atoms with Gasteiger partial charge in [0.25, 0.3) is 0 Å². The van der Waals surface area contributed by atoms with Gasteiger partial charge in [-0.2, -0.15) is 0 Å². The quantitative estimate of drug-likeness (QED) is 0.501. The molecule has 0 unspecified atom stereocenters. The number of aryl methyl sites for hydroxylation is 1. The molecule has 1 saturated carbocycles. The van der Waals surface area contributed by atoms with Crippen molar-refractivity contribution in [1.82, 2.24) is 0 Å². The van der Waals surface area contributed by atoms with E-state index in [1.54, 1.807) is 24.4 Å². The summed E-state index contributed by atoms with van der Waals surface area (Å²) in [5.74, 6) is -0.433. The molecule has 148 valence electrons. The van der Waals surface area contributed by atoms with Crippen LogP contribution in [0.3, 0.4) is 0 Å². The number of nitrogens with one attached hydrogen (secondary N) is 2. The number of halogens is 2. The molecule has 0 amide bonds. The molecule has 2 aromatic rings. The van der Waals surface area contributed by atoms with Gasteiger partial charge < -0.3 is 16.4 Å². The van der Waals surface area contributed by atoms with Crippen LogP contribution in [0.5, 0.6) is 0 Å². The Balaban J connectivity index is 1.61. The Labute approximate surface area is 170 Å². The number of allylic oxidation sites excluding steroid dienone is 1. The first-order valence-electron chi connectivity index (χ1n) is 9.45.